The summed E-state index contributed by atoms with van der Waals surface area (Å²) in [6, 6.07) is 7.70. The van der Waals surface area contributed by atoms with Gasteiger partial charge in [-0.2, -0.15) is 20.2 Å². The van der Waals surface area contributed by atoms with Gasteiger partial charge in [-0.15, -0.1) is 0 Å². The Bertz CT molecular complexity index is 621. The third-order valence-electron chi connectivity index (χ3n) is 2.24. The van der Waals surface area contributed by atoms with Gasteiger partial charge in [0.1, 0.15) is 11.9 Å². The van der Waals surface area contributed by atoms with Crippen molar-refractivity contribution in [2.75, 3.05) is 17.7 Å². The van der Waals surface area contributed by atoms with Crippen LogP contribution in [0.4, 0.5) is 22.0 Å². The van der Waals surface area contributed by atoms with Crippen molar-refractivity contribution >= 4 is 17.6 Å². The molecule has 6 nitrogen and oxygen atoms in total. The molecule has 0 aliphatic heterocycles. The fraction of sp³-hybridized carbons (Fsp3) is 0.0909. The van der Waals surface area contributed by atoms with Gasteiger partial charge < -0.3 is 10.6 Å². The van der Waals surface area contributed by atoms with Crippen molar-refractivity contribution in [3.63, 3.8) is 0 Å². The molecule has 90 valence electrons. The molecule has 2 aromatic rings. The first-order valence-corrected chi connectivity index (χ1v) is 5.01. The molecule has 1 aromatic carbocycles. The number of nitrogens with zero attached hydrogens (tertiary/aromatic N) is 5. The lowest BCUT2D eigenvalue weighted by atomic mass is 10.3. The molecule has 0 saturated carbocycles. The second kappa shape index (κ2) is 4.63. The van der Waals surface area contributed by atoms with E-state index in [0.29, 0.717) is 5.69 Å². The SMILES string of the molecule is CN(c1cccc(F)c1)c1nc(N)nc(C#N)n1. The van der Waals surface area contributed by atoms with Crippen LogP contribution in [0.5, 0.6) is 0 Å². The minimum atomic E-state index is -0.373. The minimum absolute atomic E-state index is 0.0557. The van der Waals surface area contributed by atoms with E-state index in [-0.39, 0.29) is 23.5 Å². The lowest BCUT2D eigenvalue weighted by Crippen LogP contribution is -2.15. The molecule has 1 heterocycles. The lowest BCUT2D eigenvalue weighted by Gasteiger charge is -2.16. The summed E-state index contributed by atoms with van der Waals surface area (Å²) in [5, 5.41) is 8.75. The maximum absolute atomic E-state index is 13.1. The molecule has 0 unspecified atom stereocenters. The molecule has 0 amide bonds. The summed E-state index contributed by atoms with van der Waals surface area (Å²) < 4.78 is 13.1. The Morgan fingerprint density at radius 3 is 2.78 bits per heavy atom. The van der Waals surface area contributed by atoms with Gasteiger partial charge in [-0.05, 0) is 18.2 Å². The molecule has 0 radical (unpaired) electrons. The Kier molecular flexibility index (Phi) is 3.02. The highest BCUT2D eigenvalue weighted by Gasteiger charge is 2.10. The molecule has 7 heteroatoms. The normalized spacial score (nSPS) is 9.83. The molecule has 0 bridgehead atoms. The average Bonchev–Trinajstić information content (AvgIpc) is 2.37. The van der Waals surface area contributed by atoms with Crippen LogP contribution < -0.4 is 10.6 Å². The summed E-state index contributed by atoms with van der Waals surface area (Å²) in [6.45, 7) is 0. The van der Waals surface area contributed by atoms with Gasteiger partial charge >= 0.3 is 0 Å². The number of nitriles is 1. The third-order valence-corrected chi connectivity index (χ3v) is 2.24. The number of aromatic nitrogens is 3. The number of nitrogen functional groups attached to an aromatic ring is 1. The van der Waals surface area contributed by atoms with E-state index in [4.69, 9.17) is 11.0 Å². The molecular formula is C11H9FN6. The second-order valence-electron chi connectivity index (χ2n) is 3.47. The molecule has 0 atom stereocenters. The van der Waals surface area contributed by atoms with Crippen molar-refractivity contribution < 1.29 is 4.39 Å². The standard InChI is InChI=1S/C11H9FN6/c1-18(8-4-2-3-7(12)5-8)11-16-9(6-13)15-10(14)17-11/h2-5H,1H3,(H2,14,15,16,17). The third kappa shape index (κ3) is 2.32. The topological polar surface area (TPSA) is 91.7 Å². The lowest BCUT2D eigenvalue weighted by molar-refractivity contribution is 0.628. The molecule has 2 rings (SSSR count). The van der Waals surface area contributed by atoms with Crippen LogP contribution in [0.25, 0.3) is 0 Å². The van der Waals surface area contributed by atoms with Crippen LogP contribution in [-0.2, 0) is 0 Å². The number of hydrogen-bond acceptors (Lipinski definition) is 6. The van der Waals surface area contributed by atoms with Crippen LogP contribution in [-0.4, -0.2) is 22.0 Å². The maximum atomic E-state index is 13.1. The smallest absolute Gasteiger partial charge is 0.238 e. The average molecular weight is 244 g/mol. The summed E-state index contributed by atoms with van der Waals surface area (Å²) in [7, 11) is 1.64. The Labute approximate surface area is 103 Å². The van der Waals surface area contributed by atoms with Crippen molar-refractivity contribution in [2.24, 2.45) is 0 Å². The van der Waals surface area contributed by atoms with Crippen molar-refractivity contribution in [3.05, 3.63) is 35.9 Å². The number of halogens is 1. The fourth-order valence-electron chi connectivity index (χ4n) is 1.38. The van der Waals surface area contributed by atoms with Crippen LogP contribution in [0.2, 0.25) is 0 Å². The van der Waals surface area contributed by atoms with Gasteiger partial charge in [-0.25, -0.2) is 4.39 Å². The van der Waals surface area contributed by atoms with Gasteiger partial charge in [0.2, 0.25) is 17.7 Å². The first kappa shape index (κ1) is 11.7. The van der Waals surface area contributed by atoms with Crippen molar-refractivity contribution in [1.29, 1.82) is 5.26 Å². The van der Waals surface area contributed by atoms with Gasteiger partial charge in [0.15, 0.2) is 0 Å². The highest BCUT2D eigenvalue weighted by atomic mass is 19.1. The summed E-state index contributed by atoms with van der Waals surface area (Å²) in [6.07, 6.45) is 0. The van der Waals surface area contributed by atoms with Crippen molar-refractivity contribution in [2.45, 2.75) is 0 Å². The molecule has 0 fully saturated rings. The van der Waals surface area contributed by atoms with Crippen molar-refractivity contribution in [3.8, 4) is 6.07 Å². The highest BCUT2D eigenvalue weighted by molar-refractivity contribution is 5.57. The first-order chi connectivity index (χ1) is 8.60. The zero-order valence-electron chi connectivity index (χ0n) is 9.50. The Balaban J connectivity index is 2.43. The number of benzene rings is 1. The van der Waals surface area contributed by atoms with Gasteiger partial charge in [-0.3, -0.25) is 0 Å². The van der Waals surface area contributed by atoms with Crippen LogP contribution in [0, 0.1) is 17.1 Å². The van der Waals surface area contributed by atoms with Crippen LogP contribution >= 0.6 is 0 Å². The minimum Gasteiger partial charge on any atom is -0.368 e. The van der Waals surface area contributed by atoms with Gasteiger partial charge in [-0.1, -0.05) is 6.07 Å². The van der Waals surface area contributed by atoms with Gasteiger partial charge in [0.25, 0.3) is 0 Å². The highest BCUT2D eigenvalue weighted by Crippen LogP contribution is 2.20. The Hall–Kier alpha value is -2.75. The molecule has 0 aliphatic carbocycles. The number of nitrogens with two attached hydrogens (primary N) is 1. The van der Waals surface area contributed by atoms with Crippen molar-refractivity contribution in [1.82, 2.24) is 15.0 Å². The van der Waals surface area contributed by atoms with E-state index in [9.17, 15) is 4.39 Å². The van der Waals surface area contributed by atoms with Gasteiger partial charge in [0.05, 0.1) is 0 Å². The molecule has 18 heavy (non-hydrogen) atoms. The molecule has 0 aliphatic rings. The largest absolute Gasteiger partial charge is 0.368 e. The molecule has 0 spiro atoms. The van der Waals surface area contributed by atoms with Crippen LogP contribution in [0.3, 0.4) is 0 Å². The van der Waals surface area contributed by atoms with Crippen LogP contribution in [0.15, 0.2) is 24.3 Å². The van der Waals surface area contributed by atoms with E-state index in [1.54, 1.807) is 25.2 Å². The molecular weight excluding hydrogens is 235 g/mol. The van der Waals surface area contributed by atoms with E-state index in [1.165, 1.54) is 17.0 Å². The molecule has 2 N–H and O–H groups in total. The van der Waals surface area contributed by atoms with Gasteiger partial charge in [0, 0.05) is 12.7 Å². The predicted octanol–water partition coefficient (Wildman–Crippen LogP) is 1.23. The summed E-state index contributed by atoms with van der Waals surface area (Å²) >= 11 is 0. The predicted molar refractivity (Wildman–Crippen MR) is 63.4 cm³/mol. The second-order valence-corrected chi connectivity index (χ2v) is 3.47. The summed E-state index contributed by atoms with van der Waals surface area (Å²) in [5.74, 6) is -0.327. The first-order valence-electron chi connectivity index (χ1n) is 5.01. The summed E-state index contributed by atoms with van der Waals surface area (Å²) in [4.78, 5) is 12.9. The quantitative estimate of drug-likeness (QED) is 0.854. The Morgan fingerprint density at radius 2 is 2.11 bits per heavy atom. The maximum Gasteiger partial charge on any atom is 0.238 e. The zero-order valence-corrected chi connectivity index (χ0v) is 9.50. The molecule has 0 saturated heterocycles. The molecule has 1 aromatic heterocycles. The number of anilines is 3. The van der Waals surface area contributed by atoms with E-state index in [2.05, 4.69) is 15.0 Å². The van der Waals surface area contributed by atoms with E-state index in [1.807, 2.05) is 0 Å². The van der Waals surface area contributed by atoms with E-state index < -0.39 is 0 Å². The van der Waals surface area contributed by atoms with E-state index in [0.717, 1.165) is 0 Å². The number of rotatable bonds is 2. The monoisotopic (exact) mass is 244 g/mol. The Morgan fingerprint density at radius 1 is 1.33 bits per heavy atom. The zero-order chi connectivity index (χ0) is 13.1. The van der Waals surface area contributed by atoms with Crippen LogP contribution in [0.1, 0.15) is 5.82 Å². The summed E-state index contributed by atoms with van der Waals surface area (Å²) in [5.41, 5.74) is 6.01. The fourth-order valence-corrected chi connectivity index (χ4v) is 1.38. The van der Waals surface area contributed by atoms with E-state index >= 15 is 0 Å². The number of hydrogen-bond donors (Lipinski definition) is 1.